The van der Waals surface area contributed by atoms with E-state index in [9.17, 15) is 4.79 Å². The van der Waals surface area contributed by atoms with E-state index in [1.54, 1.807) is 0 Å². The van der Waals surface area contributed by atoms with Gasteiger partial charge in [-0.1, -0.05) is 58.4 Å². The Morgan fingerprint density at radius 2 is 1.57 bits per heavy atom. The first kappa shape index (κ1) is 22.9. The topological polar surface area (TPSA) is 17.1 Å². The molecule has 0 aliphatic rings. The van der Waals surface area contributed by atoms with Crippen LogP contribution in [0.2, 0.25) is 0 Å². The van der Waals surface area contributed by atoms with Crippen LogP contribution >= 0.6 is 0 Å². The number of Topliss-reactive ketones (excluding diaryl/α,β-unsaturated/α-hetero) is 1. The van der Waals surface area contributed by atoms with Gasteiger partial charge < -0.3 is 13.8 Å². The molecular weight excluding hydrogens is 428 g/mol. The van der Waals surface area contributed by atoms with Crippen LogP contribution in [0.4, 0.5) is 0 Å². The number of ketones is 1. The maximum Gasteiger partial charge on any atom is 2.00 e. The second-order valence-electron chi connectivity index (χ2n) is 6.31. The minimum atomic E-state index is 0. The van der Waals surface area contributed by atoms with Crippen molar-refractivity contribution < 1.29 is 25.9 Å². The van der Waals surface area contributed by atoms with Crippen molar-refractivity contribution in [3.8, 4) is 0 Å². The minimum Gasteiger partial charge on any atom is -0.344 e. The number of hydrogen-bond donors (Lipinski definition) is 0. The molecule has 0 heterocycles. The zero-order chi connectivity index (χ0) is 15.6. The summed E-state index contributed by atoms with van der Waals surface area (Å²) in [6.45, 7) is 15.9. The van der Waals surface area contributed by atoms with E-state index in [2.05, 4.69) is 46.8 Å². The molecule has 0 radical (unpaired) electrons. The second-order valence-corrected chi connectivity index (χ2v) is 6.31. The first-order chi connectivity index (χ1) is 9.34. The van der Waals surface area contributed by atoms with E-state index in [0.717, 1.165) is 31.2 Å². The van der Waals surface area contributed by atoms with Crippen molar-refractivity contribution in [1.82, 2.24) is 0 Å². The van der Waals surface area contributed by atoms with Crippen LogP contribution in [0.25, 0.3) is 0 Å². The summed E-state index contributed by atoms with van der Waals surface area (Å²) in [7, 11) is 0. The Balaban J connectivity index is 0. The van der Waals surface area contributed by atoms with E-state index in [0.29, 0.717) is 11.8 Å². The van der Waals surface area contributed by atoms with E-state index >= 15 is 0 Å². The predicted octanol–water partition coefficient (Wildman–Crippen LogP) is 5.69. The van der Waals surface area contributed by atoms with Crippen LogP contribution in [-0.4, -0.2) is 5.78 Å². The van der Waals surface area contributed by atoms with Crippen molar-refractivity contribution in [3.05, 3.63) is 49.2 Å². The molecule has 0 aliphatic carbocycles. The molecule has 0 aliphatic heterocycles. The molecule has 0 bridgehead atoms. The van der Waals surface area contributed by atoms with Gasteiger partial charge in [-0.25, -0.2) is 0 Å². The van der Waals surface area contributed by atoms with Crippen LogP contribution < -0.4 is 0 Å². The molecule has 2 heteroatoms. The molecule has 0 unspecified atom stereocenters. The molecule has 1 nitrogen and oxygen atoms in total. The fourth-order valence-electron chi connectivity index (χ4n) is 1.85. The number of benzene rings is 1. The molecule has 1 aromatic rings. The number of unbranched alkanes of at least 4 members (excludes halogenated alkanes) is 1. The molecule has 21 heavy (non-hydrogen) atoms. The van der Waals surface area contributed by atoms with Gasteiger partial charge in [0, 0.05) is 12.0 Å². The average molecular weight is 458 g/mol. The Morgan fingerprint density at radius 1 is 1.10 bits per heavy atom. The van der Waals surface area contributed by atoms with Gasteiger partial charge in [0.15, 0.2) is 5.78 Å². The molecule has 1 aromatic carbocycles. The molecule has 0 amide bonds. The van der Waals surface area contributed by atoms with Crippen molar-refractivity contribution >= 4 is 5.78 Å². The summed E-state index contributed by atoms with van der Waals surface area (Å²) in [5, 5.41) is 0. The molecule has 1 rings (SSSR count). The van der Waals surface area contributed by atoms with Crippen molar-refractivity contribution in [2.75, 3.05) is 0 Å². The van der Waals surface area contributed by atoms with Crippen LogP contribution in [0.15, 0.2) is 24.3 Å². The fourth-order valence-corrected chi connectivity index (χ4v) is 1.85. The zero-order valence-corrected chi connectivity index (χ0v) is 17.0. The average Bonchev–Trinajstić information content (AvgIpc) is 2.36. The summed E-state index contributed by atoms with van der Waals surface area (Å²) in [5.74, 6) is 0.232. The normalized spacial score (nSPS) is 10.2. The number of carbonyl (C=O) groups is 1. The van der Waals surface area contributed by atoms with Crippen molar-refractivity contribution in [2.45, 2.75) is 59.8 Å². The SMILES string of the molecule is [CH2-]CC.[CH2-]CCCC(=O)c1ccc(CC(C)(C)C)cc1.[W+2]. The molecule has 0 fully saturated rings. The summed E-state index contributed by atoms with van der Waals surface area (Å²) in [5.41, 5.74) is 2.42. The van der Waals surface area contributed by atoms with Crippen LogP contribution in [0.3, 0.4) is 0 Å². The second kappa shape index (κ2) is 12.2. The summed E-state index contributed by atoms with van der Waals surface area (Å²) < 4.78 is 0. The van der Waals surface area contributed by atoms with Crippen molar-refractivity contribution in [1.29, 1.82) is 0 Å². The molecule has 0 aromatic heterocycles. The van der Waals surface area contributed by atoms with Crippen molar-refractivity contribution in [3.63, 3.8) is 0 Å². The van der Waals surface area contributed by atoms with Gasteiger partial charge in [-0.2, -0.15) is 12.8 Å². The first-order valence-electron chi connectivity index (χ1n) is 7.54. The van der Waals surface area contributed by atoms with Crippen LogP contribution in [-0.2, 0) is 27.5 Å². The van der Waals surface area contributed by atoms with Gasteiger partial charge in [-0.15, -0.1) is 0 Å². The maximum absolute atomic E-state index is 11.8. The summed E-state index contributed by atoms with van der Waals surface area (Å²) >= 11 is 0. The minimum absolute atomic E-state index is 0. The fraction of sp³-hybridized carbons (Fsp3) is 0.526. The third kappa shape index (κ3) is 11.9. The van der Waals surface area contributed by atoms with E-state index in [1.807, 2.05) is 19.1 Å². The Morgan fingerprint density at radius 3 is 1.95 bits per heavy atom. The smallest absolute Gasteiger partial charge is 0.344 e. The van der Waals surface area contributed by atoms with E-state index in [1.165, 1.54) is 5.56 Å². The van der Waals surface area contributed by atoms with E-state index in [4.69, 9.17) is 0 Å². The molecule has 0 atom stereocenters. The monoisotopic (exact) mass is 458 g/mol. The Labute approximate surface area is 146 Å². The third-order valence-corrected chi connectivity index (χ3v) is 2.66. The Kier molecular flexibility index (Phi) is 13.2. The number of rotatable bonds is 5. The van der Waals surface area contributed by atoms with E-state index in [-0.39, 0.29) is 26.8 Å². The van der Waals surface area contributed by atoms with Gasteiger partial charge in [0.25, 0.3) is 0 Å². The molecule has 0 N–H and O–H groups in total. The van der Waals surface area contributed by atoms with Gasteiger partial charge in [0.2, 0.25) is 0 Å². The van der Waals surface area contributed by atoms with Crippen molar-refractivity contribution in [2.24, 2.45) is 5.41 Å². The molecule has 0 spiro atoms. The van der Waals surface area contributed by atoms with Gasteiger partial charge in [-0.3, -0.25) is 4.79 Å². The third-order valence-electron chi connectivity index (χ3n) is 2.66. The van der Waals surface area contributed by atoms with Gasteiger partial charge in [0.05, 0.1) is 0 Å². The van der Waals surface area contributed by atoms with Gasteiger partial charge >= 0.3 is 21.1 Å². The van der Waals surface area contributed by atoms with Crippen LogP contribution in [0.5, 0.6) is 0 Å². The summed E-state index contributed by atoms with van der Waals surface area (Å²) in [6, 6.07) is 8.05. The predicted molar refractivity (Wildman–Crippen MR) is 88.8 cm³/mol. The molecular formula is C19H30OW. The van der Waals surface area contributed by atoms with E-state index < -0.39 is 0 Å². The van der Waals surface area contributed by atoms with Gasteiger partial charge in [0.1, 0.15) is 0 Å². The summed E-state index contributed by atoms with van der Waals surface area (Å²) in [6.07, 6.45) is 4.36. The van der Waals surface area contributed by atoms with Gasteiger partial charge in [-0.05, 0) is 17.4 Å². The quantitative estimate of drug-likeness (QED) is 0.409. The standard InChI is InChI=1S/C16H23O.C3H7.W/c1-5-6-7-15(17)14-10-8-13(9-11-14)12-16(2,3)4;1-3-2;/h8-11H,1,5-7,12H2,2-4H3;1,3H2,2H3;/q2*-1;+2. The Bertz CT molecular complexity index is 374. The Hall–Kier alpha value is -0.422. The molecule has 0 saturated heterocycles. The zero-order valence-electron chi connectivity index (χ0n) is 14.1. The molecule has 118 valence electrons. The maximum atomic E-state index is 11.8. The van der Waals surface area contributed by atoms with Crippen LogP contribution in [0.1, 0.15) is 69.3 Å². The largest absolute Gasteiger partial charge is 2.00 e. The van der Waals surface area contributed by atoms with Crippen LogP contribution in [0, 0.1) is 19.3 Å². The summed E-state index contributed by atoms with van der Waals surface area (Å²) in [4.78, 5) is 11.8. The number of hydrogen-bond acceptors (Lipinski definition) is 1. The first-order valence-corrected chi connectivity index (χ1v) is 7.54. The number of carbonyl (C=O) groups excluding carboxylic acids is 1. The molecule has 0 saturated carbocycles.